The van der Waals surface area contributed by atoms with E-state index in [0.29, 0.717) is 12.3 Å². The van der Waals surface area contributed by atoms with Gasteiger partial charge >= 0.3 is 0 Å². The Labute approximate surface area is 93.3 Å². The second kappa shape index (κ2) is 4.99. The molecule has 3 atom stereocenters. The Hall–Kier alpha value is -0.550. The topological polar surface area (TPSA) is 44.0 Å². The standard InChI is InChI=1S/C13H23NO/c1-13(2,3)11-5-4-6-12(15)8-10(7-11)9-14/h10-12,15H,4-8H2,1-3H3. The Bertz CT molecular complexity index is 236. The third kappa shape index (κ3) is 3.83. The first-order valence-corrected chi connectivity index (χ1v) is 6.01. The lowest BCUT2D eigenvalue weighted by Gasteiger charge is -2.34. The maximum absolute atomic E-state index is 9.65. The van der Waals surface area contributed by atoms with Gasteiger partial charge in [-0.3, -0.25) is 0 Å². The minimum Gasteiger partial charge on any atom is -0.393 e. The van der Waals surface area contributed by atoms with Gasteiger partial charge in [-0.15, -0.1) is 0 Å². The highest BCUT2D eigenvalue weighted by atomic mass is 16.3. The van der Waals surface area contributed by atoms with E-state index in [-0.39, 0.29) is 17.4 Å². The number of nitrogens with zero attached hydrogens (tertiary/aromatic N) is 1. The molecule has 0 aromatic carbocycles. The molecular weight excluding hydrogens is 186 g/mol. The highest BCUT2D eigenvalue weighted by Crippen LogP contribution is 2.38. The van der Waals surface area contributed by atoms with Crippen LogP contribution in [-0.4, -0.2) is 11.2 Å². The smallest absolute Gasteiger partial charge is 0.0656 e. The summed E-state index contributed by atoms with van der Waals surface area (Å²) < 4.78 is 0. The summed E-state index contributed by atoms with van der Waals surface area (Å²) in [5.74, 6) is 0.666. The van der Waals surface area contributed by atoms with Crippen LogP contribution in [0, 0.1) is 28.6 Å². The summed E-state index contributed by atoms with van der Waals surface area (Å²) >= 11 is 0. The summed E-state index contributed by atoms with van der Waals surface area (Å²) in [4.78, 5) is 0. The summed E-state index contributed by atoms with van der Waals surface area (Å²) in [7, 11) is 0. The van der Waals surface area contributed by atoms with Crippen molar-refractivity contribution in [2.24, 2.45) is 17.3 Å². The van der Waals surface area contributed by atoms with Crippen molar-refractivity contribution in [1.82, 2.24) is 0 Å². The summed E-state index contributed by atoms with van der Waals surface area (Å²) in [6.07, 6.45) is 4.49. The molecule has 86 valence electrons. The molecular formula is C13H23NO. The summed E-state index contributed by atoms with van der Waals surface area (Å²) in [6, 6.07) is 2.34. The van der Waals surface area contributed by atoms with E-state index in [1.165, 1.54) is 0 Å². The van der Waals surface area contributed by atoms with E-state index in [4.69, 9.17) is 5.26 Å². The van der Waals surface area contributed by atoms with Gasteiger partial charge in [0.2, 0.25) is 0 Å². The SMILES string of the molecule is CC(C)(C)C1CCCC(O)CC(C#N)C1. The average molecular weight is 209 g/mol. The van der Waals surface area contributed by atoms with Crippen molar-refractivity contribution in [3.63, 3.8) is 0 Å². The second-order valence-electron chi connectivity index (χ2n) is 5.95. The Morgan fingerprint density at radius 3 is 2.40 bits per heavy atom. The molecule has 1 saturated carbocycles. The van der Waals surface area contributed by atoms with Gasteiger partial charge in [-0.05, 0) is 37.0 Å². The van der Waals surface area contributed by atoms with E-state index >= 15 is 0 Å². The Balaban J connectivity index is 2.65. The van der Waals surface area contributed by atoms with Gasteiger partial charge in [0, 0.05) is 5.92 Å². The Morgan fingerprint density at radius 1 is 1.20 bits per heavy atom. The van der Waals surface area contributed by atoms with E-state index < -0.39 is 0 Å². The molecule has 1 fully saturated rings. The normalized spacial score (nSPS) is 33.9. The molecule has 1 aliphatic rings. The van der Waals surface area contributed by atoms with Gasteiger partial charge in [0.05, 0.1) is 12.2 Å². The van der Waals surface area contributed by atoms with E-state index in [1.807, 2.05) is 0 Å². The van der Waals surface area contributed by atoms with Crippen LogP contribution in [-0.2, 0) is 0 Å². The summed E-state index contributed by atoms with van der Waals surface area (Å²) in [5, 5.41) is 18.7. The van der Waals surface area contributed by atoms with Crippen LogP contribution in [0.1, 0.15) is 52.9 Å². The first kappa shape index (κ1) is 12.5. The lowest BCUT2D eigenvalue weighted by Crippen LogP contribution is -2.27. The first-order valence-electron chi connectivity index (χ1n) is 6.01. The van der Waals surface area contributed by atoms with Gasteiger partial charge < -0.3 is 5.11 Å². The van der Waals surface area contributed by atoms with Crippen LogP contribution < -0.4 is 0 Å². The lowest BCUT2D eigenvalue weighted by atomic mass is 9.71. The van der Waals surface area contributed by atoms with Gasteiger partial charge in [-0.25, -0.2) is 0 Å². The van der Waals surface area contributed by atoms with Crippen LogP contribution >= 0.6 is 0 Å². The van der Waals surface area contributed by atoms with E-state index in [1.54, 1.807) is 0 Å². The van der Waals surface area contributed by atoms with E-state index in [9.17, 15) is 5.11 Å². The molecule has 1 aliphatic carbocycles. The van der Waals surface area contributed by atoms with Gasteiger partial charge in [-0.1, -0.05) is 27.2 Å². The second-order valence-corrected chi connectivity index (χ2v) is 5.95. The predicted octanol–water partition coefficient (Wildman–Crippen LogP) is 3.11. The van der Waals surface area contributed by atoms with Gasteiger partial charge in [0.15, 0.2) is 0 Å². The van der Waals surface area contributed by atoms with Crippen molar-refractivity contribution in [3.05, 3.63) is 0 Å². The lowest BCUT2D eigenvalue weighted by molar-refractivity contribution is 0.0963. The molecule has 1 rings (SSSR count). The monoisotopic (exact) mass is 209 g/mol. The van der Waals surface area contributed by atoms with Crippen molar-refractivity contribution in [1.29, 1.82) is 5.26 Å². The molecule has 0 saturated heterocycles. The number of aliphatic hydroxyl groups is 1. The van der Waals surface area contributed by atoms with Crippen molar-refractivity contribution >= 4 is 0 Å². The quantitative estimate of drug-likeness (QED) is 0.666. The van der Waals surface area contributed by atoms with Gasteiger partial charge in [0.25, 0.3) is 0 Å². The van der Waals surface area contributed by atoms with Crippen LogP contribution in [0.4, 0.5) is 0 Å². The molecule has 0 spiro atoms. The van der Waals surface area contributed by atoms with Crippen molar-refractivity contribution in [2.75, 3.05) is 0 Å². The predicted molar refractivity (Wildman–Crippen MR) is 61.1 cm³/mol. The van der Waals surface area contributed by atoms with Crippen molar-refractivity contribution in [2.45, 2.75) is 59.0 Å². The van der Waals surface area contributed by atoms with E-state index in [0.717, 1.165) is 25.7 Å². The third-order valence-electron chi connectivity index (χ3n) is 3.62. The molecule has 0 radical (unpaired) electrons. The van der Waals surface area contributed by atoms with Crippen LogP contribution in [0.25, 0.3) is 0 Å². The molecule has 0 aromatic rings. The minimum atomic E-state index is -0.254. The Morgan fingerprint density at radius 2 is 1.87 bits per heavy atom. The van der Waals surface area contributed by atoms with Crippen LogP contribution in [0.3, 0.4) is 0 Å². The fourth-order valence-corrected chi connectivity index (χ4v) is 2.50. The highest BCUT2D eigenvalue weighted by molar-refractivity contribution is 4.90. The highest BCUT2D eigenvalue weighted by Gasteiger charge is 2.30. The number of rotatable bonds is 0. The molecule has 0 aliphatic heterocycles. The third-order valence-corrected chi connectivity index (χ3v) is 3.62. The molecule has 15 heavy (non-hydrogen) atoms. The van der Waals surface area contributed by atoms with Crippen molar-refractivity contribution in [3.8, 4) is 6.07 Å². The average Bonchev–Trinajstić information content (AvgIpc) is 2.08. The molecule has 2 heteroatoms. The molecule has 1 N–H and O–H groups in total. The van der Waals surface area contributed by atoms with Crippen LogP contribution in [0.15, 0.2) is 0 Å². The number of hydrogen-bond acceptors (Lipinski definition) is 2. The number of aliphatic hydroxyl groups excluding tert-OH is 1. The fourth-order valence-electron chi connectivity index (χ4n) is 2.50. The van der Waals surface area contributed by atoms with Gasteiger partial charge in [-0.2, -0.15) is 5.26 Å². The molecule has 0 aromatic heterocycles. The Kier molecular flexibility index (Phi) is 4.16. The zero-order valence-corrected chi connectivity index (χ0v) is 10.2. The zero-order valence-electron chi connectivity index (χ0n) is 10.2. The molecule has 2 nitrogen and oxygen atoms in total. The summed E-state index contributed by atoms with van der Waals surface area (Å²) in [6.45, 7) is 6.76. The largest absolute Gasteiger partial charge is 0.393 e. The number of nitriles is 1. The fraction of sp³-hybridized carbons (Fsp3) is 0.923. The van der Waals surface area contributed by atoms with Crippen LogP contribution in [0.5, 0.6) is 0 Å². The van der Waals surface area contributed by atoms with E-state index in [2.05, 4.69) is 26.8 Å². The molecule has 0 amide bonds. The molecule has 0 bridgehead atoms. The summed E-state index contributed by atoms with van der Waals surface area (Å²) in [5.41, 5.74) is 0.289. The van der Waals surface area contributed by atoms with Crippen molar-refractivity contribution < 1.29 is 5.11 Å². The minimum absolute atomic E-state index is 0.0459. The maximum Gasteiger partial charge on any atom is 0.0656 e. The molecule has 3 unspecified atom stereocenters. The number of hydrogen-bond donors (Lipinski definition) is 1. The van der Waals surface area contributed by atoms with Gasteiger partial charge in [0.1, 0.15) is 0 Å². The first-order chi connectivity index (χ1) is 6.93. The maximum atomic E-state index is 9.65. The zero-order chi connectivity index (χ0) is 11.5. The molecule has 0 heterocycles. The van der Waals surface area contributed by atoms with Crippen LogP contribution in [0.2, 0.25) is 0 Å².